The number of aliphatic hydroxyl groups is 1. The quantitative estimate of drug-likeness (QED) is 0.671. The van der Waals surface area contributed by atoms with Crippen LogP contribution in [0.5, 0.6) is 0 Å². The minimum absolute atomic E-state index is 0.0677. The Morgan fingerprint density at radius 1 is 1.03 bits per heavy atom. The molecule has 1 aliphatic heterocycles. The maximum atomic E-state index is 12.6. The fraction of sp³-hybridized carbons (Fsp3) is 0.320. The second kappa shape index (κ2) is 8.86. The summed E-state index contributed by atoms with van der Waals surface area (Å²) in [5.41, 5.74) is 2.96. The van der Waals surface area contributed by atoms with Crippen molar-refractivity contribution >= 4 is 17.7 Å². The lowest BCUT2D eigenvalue weighted by molar-refractivity contribution is -0.126. The molecule has 7 heteroatoms. The van der Waals surface area contributed by atoms with Crippen molar-refractivity contribution in [1.82, 2.24) is 15.5 Å². The summed E-state index contributed by atoms with van der Waals surface area (Å²) in [5, 5.41) is 15.7. The smallest absolute Gasteiger partial charge is 0.289 e. The maximum absolute atomic E-state index is 12.6. The Bertz CT molecular complexity index is 1100. The van der Waals surface area contributed by atoms with Crippen LogP contribution in [0.2, 0.25) is 0 Å². The van der Waals surface area contributed by atoms with Gasteiger partial charge in [0.1, 0.15) is 0 Å². The van der Waals surface area contributed by atoms with Crippen LogP contribution in [-0.4, -0.2) is 46.9 Å². The summed E-state index contributed by atoms with van der Waals surface area (Å²) < 4.78 is 0. The van der Waals surface area contributed by atoms with E-state index in [1.54, 1.807) is 6.07 Å². The number of rotatable bonds is 5. The molecule has 3 N–H and O–H groups in total. The van der Waals surface area contributed by atoms with Crippen LogP contribution in [0.4, 0.5) is 0 Å². The molecular weight excluding hydrogens is 406 g/mol. The zero-order chi connectivity index (χ0) is 23.6. The molecule has 1 aliphatic rings. The first-order valence-corrected chi connectivity index (χ1v) is 10.5. The molecule has 0 radical (unpaired) electrons. The third-order valence-electron chi connectivity index (χ3n) is 5.19. The number of aliphatic hydroxyl groups excluding tert-OH is 1. The number of nitrogens with one attached hydrogen (secondary N) is 2. The van der Waals surface area contributed by atoms with Crippen LogP contribution >= 0.6 is 0 Å². The number of benzene rings is 2. The first kappa shape index (κ1) is 23.1. The molecular formula is C25H29N3O4. The number of amides is 3. The van der Waals surface area contributed by atoms with Crippen molar-refractivity contribution in [2.24, 2.45) is 0 Å². The second-order valence-electron chi connectivity index (χ2n) is 9.09. The average Bonchev–Trinajstić information content (AvgIpc) is 3.00. The van der Waals surface area contributed by atoms with E-state index in [0.29, 0.717) is 5.56 Å². The third kappa shape index (κ3) is 5.17. The number of hydrogen-bond acceptors (Lipinski definition) is 4. The number of hydrogen-bond donors (Lipinski definition) is 3. The van der Waals surface area contributed by atoms with Crippen molar-refractivity contribution in [3.05, 3.63) is 71.0 Å². The number of nitrogens with zero attached hydrogens (tertiary/aromatic N) is 1. The van der Waals surface area contributed by atoms with E-state index >= 15 is 0 Å². The van der Waals surface area contributed by atoms with Crippen LogP contribution in [0, 0.1) is 0 Å². The van der Waals surface area contributed by atoms with Crippen molar-refractivity contribution in [1.29, 1.82) is 0 Å². The fourth-order valence-corrected chi connectivity index (χ4v) is 3.48. The van der Waals surface area contributed by atoms with E-state index in [2.05, 4.69) is 10.6 Å². The molecule has 0 aliphatic carbocycles. The van der Waals surface area contributed by atoms with Gasteiger partial charge >= 0.3 is 0 Å². The van der Waals surface area contributed by atoms with Crippen LogP contribution in [0.1, 0.15) is 49.7 Å². The van der Waals surface area contributed by atoms with Crippen molar-refractivity contribution in [2.45, 2.75) is 39.3 Å². The van der Waals surface area contributed by atoms with Crippen molar-refractivity contribution in [3.8, 4) is 11.1 Å². The Hall–Kier alpha value is -3.61. The second-order valence-corrected chi connectivity index (χ2v) is 9.09. The molecule has 0 aromatic heterocycles. The molecule has 0 bridgehead atoms. The standard InChI is InChI=1S/C25H29N3O4/c1-15(26-23(31)20-14-28(5)24(32)21(20)29)16-8-6-9-17(12-16)18-10-7-11-19(13-18)22(30)27-25(2,3)4/h6-13,15,29H,14H2,1-5H3,(H,26,31)(H,27,30)/t15-/m1/s1. The maximum Gasteiger partial charge on any atom is 0.289 e. The van der Waals surface area contributed by atoms with Gasteiger partial charge in [-0.1, -0.05) is 30.3 Å². The van der Waals surface area contributed by atoms with Gasteiger partial charge in [-0.25, -0.2) is 0 Å². The minimum atomic E-state index is -0.555. The van der Waals surface area contributed by atoms with Crippen LogP contribution in [0.3, 0.4) is 0 Å². The molecule has 3 amide bonds. The Balaban J connectivity index is 1.78. The fourth-order valence-electron chi connectivity index (χ4n) is 3.48. The lowest BCUT2D eigenvalue weighted by Gasteiger charge is -2.20. The monoisotopic (exact) mass is 435 g/mol. The summed E-state index contributed by atoms with van der Waals surface area (Å²) in [6.45, 7) is 7.71. The first-order chi connectivity index (χ1) is 15.0. The Labute approximate surface area is 188 Å². The molecule has 0 saturated heterocycles. The summed E-state index contributed by atoms with van der Waals surface area (Å²) in [5.74, 6) is -1.67. The Kier molecular flexibility index (Phi) is 6.39. The zero-order valence-corrected chi connectivity index (χ0v) is 19.0. The predicted molar refractivity (Wildman–Crippen MR) is 123 cm³/mol. The lowest BCUT2D eigenvalue weighted by Crippen LogP contribution is -2.40. The van der Waals surface area contributed by atoms with E-state index in [1.807, 2.05) is 70.2 Å². The summed E-state index contributed by atoms with van der Waals surface area (Å²) in [6, 6.07) is 14.7. The van der Waals surface area contributed by atoms with Gasteiger partial charge in [-0.05, 0) is 62.6 Å². The molecule has 0 unspecified atom stereocenters. The molecule has 7 nitrogen and oxygen atoms in total. The van der Waals surface area contributed by atoms with E-state index in [0.717, 1.165) is 16.7 Å². The van der Waals surface area contributed by atoms with Crippen LogP contribution in [0.25, 0.3) is 11.1 Å². The van der Waals surface area contributed by atoms with E-state index in [9.17, 15) is 19.5 Å². The SMILES string of the molecule is C[C@@H](NC(=O)C1=C(O)C(=O)N(C)C1)c1cccc(-c2cccc(C(=O)NC(C)(C)C)c2)c1. The van der Waals surface area contributed by atoms with Gasteiger partial charge in [0.2, 0.25) is 0 Å². The minimum Gasteiger partial charge on any atom is -0.503 e. The Morgan fingerprint density at radius 2 is 1.66 bits per heavy atom. The lowest BCUT2D eigenvalue weighted by atomic mass is 9.98. The first-order valence-electron chi connectivity index (χ1n) is 10.5. The molecule has 0 fully saturated rings. The number of carbonyl (C=O) groups excluding carboxylic acids is 3. The molecule has 0 saturated carbocycles. The van der Waals surface area contributed by atoms with Crippen molar-refractivity contribution in [2.75, 3.05) is 13.6 Å². The molecule has 1 heterocycles. The van der Waals surface area contributed by atoms with Crippen LogP contribution in [-0.2, 0) is 9.59 Å². The summed E-state index contributed by atoms with van der Waals surface area (Å²) in [7, 11) is 1.53. The highest BCUT2D eigenvalue weighted by Gasteiger charge is 2.32. The van der Waals surface area contributed by atoms with E-state index in [-0.39, 0.29) is 29.6 Å². The van der Waals surface area contributed by atoms with Crippen molar-refractivity contribution < 1.29 is 19.5 Å². The van der Waals surface area contributed by atoms with Gasteiger partial charge in [-0.3, -0.25) is 14.4 Å². The molecule has 32 heavy (non-hydrogen) atoms. The number of likely N-dealkylation sites (N-methyl/N-ethyl adjacent to an activating group) is 1. The highest BCUT2D eigenvalue weighted by atomic mass is 16.3. The molecule has 2 aromatic carbocycles. The summed E-state index contributed by atoms with van der Waals surface area (Å²) >= 11 is 0. The summed E-state index contributed by atoms with van der Waals surface area (Å²) in [6.07, 6.45) is 0. The topological polar surface area (TPSA) is 98.7 Å². The molecule has 0 spiro atoms. The normalized spacial score (nSPS) is 15.0. The largest absolute Gasteiger partial charge is 0.503 e. The predicted octanol–water partition coefficient (Wildman–Crippen LogP) is 3.34. The molecule has 2 aromatic rings. The summed E-state index contributed by atoms with van der Waals surface area (Å²) in [4.78, 5) is 38.1. The van der Waals surface area contributed by atoms with Gasteiger partial charge in [0.05, 0.1) is 18.2 Å². The van der Waals surface area contributed by atoms with Gasteiger partial charge < -0.3 is 20.6 Å². The van der Waals surface area contributed by atoms with E-state index < -0.39 is 17.6 Å². The van der Waals surface area contributed by atoms with Gasteiger partial charge in [0, 0.05) is 18.2 Å². The van der Waals surface area contributed by atoms with Crippen molar-refractivity contribution in [3.63, 3.8) is 0 Å². The zero-order valence-electron chi connectivity index (χ0n) is 19.0. The van der Waals surface area contributed by atoms with Gasteiger partial charge in [0.25, 0.3) is 17.7 Å². The van der Waals surface area contributed by atoms with Crippen LogP contribution < -0.4 is 10.6 Å². The highest BCUT2D eigenvalue weighted by molar-refractivity contribution is 6.07. The van der Waals surface area contributed by atoms with E-state index in [1.165, 1.54) is 11.9 Å². The Morgan fingerprint density at radius 3 is 2.25 bits per heavy atom. The molecule has 1 atom stereocenters. The molecule has 168 valence electrons. The van der Waals surface area contributed by atoms with E-state index in [4.69, 9.17) is 0 Å². The highest BCUT2D eigenvalue weighted by Crippen LogP contribution is 2.25. The van der Waals surface area contributed by atoms with Crippen LogP contribution in [0.15, 0.2) is 59.9 Å². The number of carbonyl (C=O) groups is 3. The molecule has 3 rings (SSSR count). The average molecular weight is 436 g/mol. The van der Waals surface area contributed by atoms with Gasteiger partial charge in [0.15, 0.2) is 5.76 Å². The van der Waals surface area contributed by atoms with Gasteiger partial charge in [-0.15, -0.1) is 0 Å². The van der Waals surface area contributed by atoms with Gasteiger partial charge in [-0.2, -0.15) is 0 Å². The third-order valence-corrected chi connectivity index (χ3v) is 5.19.